The molecule has 0 fully saturated rings. The van der Waals surface area contributed by atoms with Gasteiger partial charge in [-0.1, -0.05) is 48.5 Å². The number of nitrogens with two attached hydrogens (primary N) is 1. The van der Waals surface area contributed by atoms with E-state index in [1.165, 1.54) is 0 Å². The highest BCUT2D eigenvalue weighted by atomic mass is 16.4. The van der Waals surface area contributed by atoms with Gasteiger partial charge in [-0.25, -0.2) is 0 Å². The summed E-state index contributed by atoms with van der Waals surface area (Å²) < 4.78 is 0. The number of hydrogen-bond acceptors (Lipinski definition) is 3. The number of amides is 1. The van der Waals surface area contributed by atoms with E-state index in [9.17, 15) is 9.59 Å². The van der Waals surface area contributed by atoms with E-state index in [1.807, 2.05) is 49.4 Å². The van der Waals surface area contributed by atoms with Gasteiger partial charge in [0.25, 0.3) is 5.91 Å². The molecule has 3 aromatic rings. The van der Waals surface area contributed by atoms with E-state index in [0.29, 0.717) is 16.8 Å². The van der Waals surface area contributed by atoms with Gasteiger partial charge in [-0.2, -0.15) is 0 Å². The molecule has 3 aromatic carbocycles. The first-order valence-corrected chi connectivity index (χ1v) is 9.01. The Morgan fingerprint density at radius 2 is 1.64 bits per heavy atom. The van der Waals surface area contributed by atoms with Gasteiger partial charge in [0, 0.05) is 17.3 Å². The van der Waals surface area contributed by atoms with Gasteiger partial charge >= 0.3 is 5.97 Å². The summed E-state index contributed by atoms with van der Waals surface area (Å²) >= 11 is 0. The van der Waals surface area contributed by atoms with E-state index >= 15 is 0 Å². The number of carbonyl (C=O) groups excluding carboxylic acids is 1. The molecular weight excluding hydrogens is 352 g/mol. The monoisotopic (exact) mass is 374 g/mol. The number of hydrogen-bond donors (Lipinski definition) is 3. The van der Waals surface area contributed by atoms with E-state index in [-0.39, 0.29) is 18.4 Å². The van der Waals surface area contributed by atoms with Crippen LogP contribution >= 0.6 is 0 Å². The van der Waals surface area contributed by atoms with Gasteiger partial charge in [-0.3, -0.25) is 9.59 Å². The second kappa shape index (κ2) is 8.50. The van der Waals surface area contributed by atoms with Crippen molar-refractivity contribution < 1.29 is 14.7 Å². The summed E-state index contributed by atoms with van der Waals surface area (Å²) in [7, 11) is 0. The van der Waals surface area contributed by atoms with Crippen molar-refractivity contribution in [1.82, 2.24) is 0 Å². The van der Waals surface area contributed by atoms with Crippen LogP contribution in [0.3, 0.4) is 0 Å². The lowest BCUT2D eigenvalue weighted by Gasteiger charge is -2.12. The first-order valence-electron chi connectivity index (χ1n) is 9.01. The summed E-state index contributed by atoms with van der Waals surface area (Å²) in [5.41, 5.74) is 10.4. The number of carboxylic acids is 1. The Kier molecular flexibility index (Phi) is 5.87. The van der Waals surface area contributed by atoms with Gasteiger partial charge in [0.2, 0.25) is 0 Å². The van der Waals surface area contributed by atoms with Crippen LogP contribution in [0.5, 0.6) is 0 Å². The molecular formula is C23H22N2O3. The average Bonchev–Trinajstić information content (AvgIpc) is 2.69. The third-order valence-corrected chi connectivity index (χ3v) is 4.48. The van der Waals surface area contributed by atoms with E-state index in [0.717, 1.165) is 16.7 Å². The van der Waals surface area contributed by atoms with Crippen molar-refractivity contribution in [1.29, 1.82) is 0 Å². The van der Waals surface area contributed by atoms with E-state index in [4.69, 9.17) is 10.8 Å². The van der Waals surface area contributed by atoms with Crippen molar-refractivity contribution in [2.75, 3.05) is 5.32 Å². The van der Waals surface area contributed by atoms with Crippen LogP contribution < -0.4 is 11.1 Å². The molecule has 0 spiro atoms. The molecule has 0 aromatic heterocycles. The summed E-state index contributed by atoms with van der Waals surface area (Å²) in [6.45, 7) is 1.93. The minimum Gasteiger partial charge on any atom is -0.481 e. The molecule has 0 heterocycles. The van der Waals surface area contributed by atoms with Crippen LogP contribution in [0.15, 0.2) is 72.8 Å². The van der Waals surface area contributed by atoms with Crippen molar-refractivity contribution >= 4 is 17.6 Å². The lowest BCUT2D eigenvalue weighted by Crippen LogP contribution is -2.14. The standard InChI is InChI=1S/C23H22N2O3/c1-15(24)16-7-4-8-17(12-16)18-9-5-10-20(13-18)23(28)25-21-11-3-2-6-19(21)14-22(26)27/h2-13,15H,14,24H2,1H3,(H,25,28)(H,26,27)/t15-/m1/s1. The SMILES string of the molecule is C[C@@H](N)c1cccc(-c2cccc(C(=O)Nc3ccccc3CC(=O)O)c2)c1. The minimum atomic E-state index is -0.947. The molecule has 5 nitrogen and oxygen atoms in total. The maximum absolute atomic E-state index is 12.7. The summed E-state index contributed by atoms with van der Waals surface area (Å²) in [6, 6.07) is 22.1. The smallest absolute Gasteiger partial charge is 0.307 e. The molecule has 0 saturated heterocycles. The van der Waals surface area contributed by atoms with Crippen molar-refractivity contribution in [3.63, 3.8) is 0 Å². The molecule has 0 unspecified atom stereocenters. The first kappa shape index (κ1) is 19.3. The van der Waals surface area contributed by atoms with Gasteiger partial charge in [-0.15, -0.1) is 0 Å². The second-order valence-corrected chi connectivity index (χ2v) is 6.68. The first-order chi connectivity index (χ1) is 13.4. The number of benzene rings is 3. The fourth-order valence-electron chi connectivity index (χ4n) is 3.00. The molecule has 0 aliphatic heterocycles. The zero-order chi connectivity index (χ0) is 20.1. The fraction of sp³-hybridized carbons (Fsp3) is 0.130. The van der Waals surface area contributed by atoms with Crippen molar-refractivity contribution in [3.8, 4) is 11.1 Å². The molecule has 0 bridgehead atoms. The number of carboxylic acid groups (broad SMARTS) is 1. The van der Waals surface area contributed by atoms with Crippen molar-refractivity contribution in [3.05, 3.63) is 89.5 Å². The summed E-state index contributed by atoms with van der Waals surface area (Å²) in [4.78, 5) is 23.8. The molecule has 0 saturated carbocycles. The van der Waals surface area contributed by atoms with Crippen LogP contribution in [0.25, 0.3) is 11.1 Å². The van der Waals surface area contributed by atoms with Crippen LogP contribution in [0.4, 0.5) is 5.69 Å². The highest BCUT2D eigenvalue weighted by Crippen LogP contribution is 2.24. The van der Waals surface area contributed by atoms with Gasteiger partial charge in [-0.05, 0) is 53.4 Å². The molecule has 0 radical (unpaired) electrons. The Morgan fingerprint density at radius 1 is 0.964 bits per heavy atom. The number of para-hydroxylation sites is 1. The largest absolute Gasteiger partial charge is 0.481 e. The van der Waals surface area contributed by atoms with Crippen LogP contribution in [0.1, 0.15) is 34.5 Å². The molecule has 1 atom stereocenters. The molecule has 3 rings (SSSR count). The van der Waals surface area contributed by atoms with Gasteiger partial charge in [0.05, 0.1) is 6.42 Å². The lowest BCUT2D eigenvalue weighted by atomic mass is 9.99. The van der Waals surface area contributed by atoms with Gasteiger partial charge < -0.3 is 16.2 Å². The van der Waals surface area contributed by atoms with Crippen LogP contribution in [0.2, 0.25) is 0 Å². The lowest BCUT2D eigenvalue weighted by molar-refractivity contribution is -0.136. The summed E-state index contributed by atoms with van der Waals surface area (Å²) in [5, 5.41) is 11.9. The second-order valence-electron chi connectivity index (χ2n) is 6.68. The summed E-state index contributed by atoms with van der Waals surface area (Å²) in [6.07, 6.45) is -0.152. The fourth-order valence-corrected chi connectivity index (χ4v) is 3.00. The van der Waals surface area contributed by atoms with E-state index in [1.54, 1.807) is 30.3 Å². The molecule has 0 aliphatic rings. The normalized spacial score (nSPS) is 11.6. The van der Waals surface area contributed by atoms with Crippen LogP contribution in [-0.4, -0.2) is 17.0 Å². The van der Waals surface area contributed by atoms with Crippen LogP contribution in [0, 0.1) is 0 Å². The number of rotatable bonds is 6. The predicted octanol–water partition coefficient (Wildman–Crippen LogP) is 4.25. The minimum absolute atomic E-state index is 0.0721. The number of aliphatic carboxylic acids is 1. The maximum Gasteiger partial charge on any atom is 0.307 e. The van der Waals surface area contributed by atoms with Gasteiger partial charge in [0.1, 0.15) is 0 Å². The van der Waals surface area contributed by atoms with Crippen molar-refractivity contribution in [2.45, 2.75) is 19.4 Å². The molecule has 0 aliphatic carbocycles. The zero-order valence-corrected chi connectivity index (χ0v) is 15.6. The van der Waals surface area contributed by atoms with Crippen molar-refractivity contribution in [2.24, 2.45) is 5.73 Å². The molecule has 5 heteroatoms. The predicted molar refractivity (Wildman–Crippen MR) is 110 cm³/mol. The third-order valence-electron chi connectivity index (χ3n) is 4.48. The Morgan fingerprint density at radius 3 is 2.36 bits per heavy atom. The zero-order valence-electron chi connectivity index (χ0n) is 15.6. The quantitative estimate of drug-likeness (QED) is 0.601. The number of anilines is 1. The third kappa shape index (κ3) is 4.64. The highest BCUT2D eigenvalue weighted by Gasteiger charge is 2.12. The maximum atomic E-state index is 12.7. The Bertz CT molecular complexity index is 1010. The molecule has 1 amide bonds. The van der Waals surface area contributed by atoms with Gasteiger partial charge in [0.15, 0.2) is 0 Å². The topological polar surface area (TPSA) is 92.4 Å². The van der Waals surface area contributed by atoms with E-state index in [2.05, 4.69) is 5.32 Å². The summed E-state index contributed by atoms with van der Waals surface area (Å²) in [5.74, 6) is -1.24. The number of carbonyl (C=O) groups is 2. The van der Waals surface area contributed by atoms with E-state index < -0.39 is 5.97 Å². The Labute approximate surface area is 163 Å². The van der Waals surface area contributed by atoms with Crippen LogP contribution in [-0.2, 0) is 11.2 Å². The average molecular weight is 374 g/mol. The Hall–Kier alpha value is -3.44. The Balaban J connectivity index is 1.86. The molecule has 142 valence electrons. The molecule has 28 heavy (non-hydrogen) atoms. The number of nitrogens with one attached hydrogen (secondary N) is 1. The molecule has 4 N–H and O–H groups in total. The highest BCUT2D eigenvalue weighted by molar-refractivity contribution is 6.05.